The molecule has 0 aliphatic carbocycles. The smallest absolute Gasteiger partial charge is 0.352 e. The maximum atomic E-state index is 14.6. The topological polar surface area (TPSA) is 77.2 Å². The van der Waals surface area contributed by atoms with Gasteiger partial charge in [0.2, 0.25) is 0 Å². The van der Waals surface area contributed by atoms with Gasteiger partial charge in [0.1, 0.15) is 12.2 Å². The van der Waals surface area contributed by atoms with E-state index in [4.69, 9.17) is 16.9 Å². The minimum Gasteiger partial charge on any atom is -0.382 e. The third-order valence-electron chi connectivity index (χ3n) is 4.12. The van der Waals surface area contributed by atoms with Crippen molar-refractivity contribution in [3.63, 3.8) is 0 Å². The van der Waals surface area contributed by atoms with Gasteiger partial charge in [0, 0.05) is 6.20 Å². The van der Waals surface area contributed by atoms with Crippen molar-refractivity contribution in [2.75, 3.05) is 4.90 Å². The second-order valence-corrected chi connectivity index (χ2v) is 6.18. The normalized spacial score (nSPS) is 16.4. The number of pyridine rings is 1. The van der Waals surface area contributed by atoms with E-state index >= 15 is 0 Å². The van der Waals surface area contributed by atoms with E-state index in [0.717, 1.165) is 12.1 Å². The molecule has 1 unspecified atom stereocenters. The number of benzene rings is 1. The highest BCUT2D eigenvalue weighted by molar-refractivity contribution is 6.30. The highest BCUT2D eigenvalue weighted by atomic mass is 35.5. The Morgan fingerprint density at radius 2 is 2.07 bits per heavy atom. The summed E-state index contributed by atoms with van der Waals surface area (Å²) >= 11 is 5.74. The van der Waals surface area contributed by atoms with Gasteiger partial charge in [-0.2, -0.15) is 14.0 Å². The van der Waals surface area contributed by atoms with Gasteiger partial charge in [-0.25, -0.2) is 8.78 Å². The van der Waals surface area contributed by atoms with Crippen LogP contribution in [0, 0.1) is 11.3 Å². The SMILES string of the molecule is N#Cc1cc(Cl)cnc1CN1C(=O)C(F)(F)c2c(C(O)C(F)F)cccc21. The molecular formula is C17H10ClF4N3O2. The summed E-state index contributed by atoms with van der Waals surface area (Å²) in [5.41, 5.74) is -2.04. The Kier molecular flexibility index (Phi) is 4.80. The first-order chi connectivity index (χ1) is 12.7. The van der Waals surface area contributed by atoms with Crippen molar-refractivity contribution in [2.24, 2.45) is 0 Å². The van der Waals surface area contributed by atoms with Crippen molar-refractivity contribution < 1.29 is 27.5 Å². The minimum absolute atomic E-state index is 0.0127. The summed E-state index contributed by atoms with van der Waals surface area (Å²) in [4.78, 5) is 16.8. The van der Waals surface area contributed by atoms with E-state index in [9.17, 15) is 27.5 Å². The zero-order chi connectivity index (χ0) is 19.9. The lowest BCUT2D eigenvalue weighted by Gasteiger charge is -2.18. The van der Waals surface area contributed by atoms with E-state index in [0.29, 0.717) is 4.90 Å². The predicted octanol–water partition coefficient (Wildman–Crippen LogP) is 3.54. The van der Waals surface area contributed by atoms with Crippen LogP contribution in [0.1, 0.15) is 28.5 Å². The molecule has 1 aliphatic rings. The Morgan fingerprint density at radius 3 is 2.70 bits per heavy atom. The van der Waals surface area contributed by atoms with Crippen LogP contribution in [-0.2, 0) is 17.3 Å². The second kappa shape index (κ2) is 6.79. The molecule has 1 aromatic carbocycles. The summed E-state index contributed by atoms with van der Waals surface area (Å²) in [5.74, 6) is -5.77. The molecular weight excluding hydrogens is 390 g/mol. The standard InChI is InChI=1S/C17H10ClF4N3O2/c18-9-4-8(5-23)11(24-6-9)7-25-12-3-1-2-10(14(26)15(19)20)13(12)17(21,22)16(25)27/h1-4,6,14-15,26H,7H2. The molecule has 0 saturated heterocycles. The predicted molar refractivity (Wildman–Crippen MR) is 86.5 cm³/mol. The van der Waals surface area contributed by atoms with E-state index in [-0.39, 0.29) is 22.0 Å². The highest BCUT2D eigenvalue weighted by Crippen LogP contribution is 2.48. The number of carbonyl (C=O) groups is 1. The van der Waals surface area contributed by atoms with Gasteiger partial charge in [0.15, 0.2) is 0 Å². The number of anilines is 1. The average molecular weight is 400 g/mol. The lowest BCUT2D eigenvalue weighted by atomic mass is 9.98. The average Bonchev–Trinajstić information content (AvgIpc) is 2.83. The van der Waals surface area contributed by atoms with Crippen molar-refractivity contribution in [3.8, 4) is 6.07 Å². The number of nitrogens with zero attached hydrogens (tertiary/aromatic N) is 3. The molecule has 1 aromatic heterocycles. The van der Waals surface area contributed by atoms with Gasteiger partial charge in [-0.05, 0) is 17.7 Å². The van der Waals surface area contributed by atoms with Crippen LogP contribution in [0.2, 0.25) is 5.02 Å². The number of carbonyl (C=O) groups excluding carboxylic acids is 1. The molecule has 27 heavy (non-hydrogen) atoms. The molecule has 1 amide bonds. The first-order valence-electron chi connectivity index (χ1n) is 7.52. The van der Waals surface area contributed by atoms with E-state index in [2.05, 4.69) is 4.98 Å². The lowest BCUT2D eigenvalue weighted by molar-refractivity contribution is -0.142. The summed E-state index contributed by atoms with van der Waals surface area (Å²) in [6, 6.07) is 6.32. The van der Waals surface area contributed by atoms with E-state index in [1.54, 1.807) is 6.07 Å². The number of hydrogen-bond donors (Lipinski definition) is 1. The van der Waals surface area contributed by atoms with Gasteiger partial charge in [-0.15, -0.1) is 0 Å². The molecule has 0 radical (unpaired) electrons. The fourth-order valence-corrected chi connectivity index (χ4v) is 3.05. The van der Waals surface area contributed by atoms with Crippen molar-refractivity contribution in [3.05, 3.63) is 57.9 Å². The van der Waals surface area contributed by atoms with Gasteiger partial charge in [0.25, 0.3) is 6.43 Å². The molecule has 2 heterocycles. The van der Waals surface area contributed by atoms with Crippen molar-refractivity contribution in [1.29, 1.82) is 5.26 Å². The van der Waals surface area contributed by atoms with Crippen LogP contribution in [0.4, 0.5) is 23.2 Å². The largest absolute Gasteiger partial charge is 0.382 e. The molecule has 0 bridgehead atoms. The van der Waals surface area contributed by atoms with E-state index < -0.39 is 42.0 Å². The van der Waals surface area contributed by atoms with E-state index in [1.165, 1.54) is 18.3 Å². The summed E-state index contributed by atoms with van der Waals surface area (Å²) < 4.78 is 54.8. The van der Waals surface area contributed by atoms with Crippen LogP contribution in [0.25, 0.3) is 0 Å². The van der Waals surface area contributed by atoms with Crippen LogP contribution in [0.5, 0.6) is 0 Å². The lowest BCUT2D eigenvalue weighted by Crippen LogP contribution is -2.34. The minimum atomic E-state index is -4.11. The Bertz CT molecular complexity index is 962. The number of amides is 1. The number of aromatic nitrogens is 1. The highest BCUT2D eigenvalue weighted by Gasteiger charge is 2.55. The van der Waals surface area contributed by atoms with Crippen LogP contribution in [0.3, 0.4) is 0 Å². The number of alkyl halides is 4. The Balaban J connectivity index is 2.11. The van der Waals surface area contributed by atoms with Crippen LogP contribution in [-0.4, -0.2) is 22.4 Å². The molecule has 0 saturated carbocycles. The maximum Gasteiger partial charge on any atom is 0.352 e. The Hall–Kier alpha value is -2.70. The number of halogens is 5. The van der Waals surface area contributed by atoms with Crippen LogP contribution in [0.15, 0.2) is 30.5 Å². The maximum absolute atomic E-state index is 14.6. The summed E-state index contributed by atoms with van der Waals surface area (Å²) in [7, 11) is 0. The molecule has 3 rings (SSSR count). The number of hydrogen-bond acceptors (Lipinski definition) is 4. The molecule has 2 aromatic rings. The van der Waals surface area contributed by atoms with E-state index in [1.807, 2.05) is 0 Å². The monoisotopic (exact) mass is 399 g/mol. The zero-order valence-corrected chi connectivity index (χ0v) is 14.1. The van der Waals surface area contributed by atoms with Crippen LogP contribution < -0.4 is 4.90 Å². The number of aliphatic hydroxyl groups is 1. The molecule has 0 spiro atoms. The molecule has 10 heteroatoms. The third kappa shape index (κ3) is 3.11. The number of nitriles is 1. The number of rotatable bonds is 4. The van der Waals surface area contributed by atoms with Crippen molar-refractivity contribution in [2.45, 2.75) is 25.0 Å². The molecule has 1 atom stereocenters. The fraction of sp³-hybridized carbons (Fsp3) is 0.235. The van der Waals surface area contributed by atoms with Gasteiger partial charge in [-0.1, -0.05) is 23.7 Å². The van der Waals surface area contributed by atoms with Gasteiger partial charge in [0.05, 0.1) is 34.1 Å². The number of fused-ring (bicyclic) bond motifs is 1. The van der Waals surface area contributed by atoms with Crippen molar-refractivity contribution >= 4 is 23.2 Å². The van der Waals surface area contributed by atoms with Crippen molar-refractivity contribution in [1.82, 2.24) is 4.98 Å². The summed E-state index contributed by atoms with van der Waals surface area (Å²) in [6.45, 7) is -0.490. The summed E-state index contributed by atoms with van der Waals surface area (Å²) in [6.07, 6.45) is -4.59. The van der Waals surface area contributed by atoms with Gasteiger partial charge in [-0.3, -0.25) is 9.78 Å². The first-order valence-corrected chi connectivity index (χ1v) is 7.90. The Morgan fingerprint density at radius 1 is 1.37 bits per heavy atom. The van der Waals surface area contributed by atoms with Crippen LogP contribution >= 0.6 is 11.6 Å². The quantitative estimate of drug-likeness (QED) is 0.798. The molecule has 140 valence electrons. The van der Waals surface area contributed by atoms with Gasteiger partial charge >= 0.3 is 11.8 Å². The molecule has 5 nitrogen and oxygen atoms in total. The summed E-state index contributed by atoms with van der Waals surface area (Å²) in [5, 5.41) is 18.9. The first kappa shape index (κ1) is 19.1. The fourth-order valence-electron chi connectivity index (χ4n) is 2.89. The van der Waals surface area contributed by atoms with Gasteiger partial charge < -0.3 is 10.0 Å². The molecule has 1 aliphatic heterocycles. The Labute approximate surface area is 155 Å². The second-order valence-electron chi connectivity index (χ2n) is 5.75. The zero-order valence-electron chi connectivity index (χ0n) is 13.3. The molecule has 1 N–H and O–H groups in total. The number of aliphatic hydroxyl groups excluding tert-OH is 1. The molecule has 0 fully saturated rings. The third-order valence-corrected chi connectivity index (χ3v) is 4.32.